The molecule has 0 aliphatic carbocycles. The second kappa shape index (κ2) is 7.17. The zero-order chi connectivity index (χ0) is 18.9. The smallest absolute Gasteiger partial charge is 0.241 e. The van der Waals surface area contributed by atoms with E-state index in [1.165, 1.54) is 0 Å². The fourth-order valence-corrected chi connectivity index (χ4v) is 4.51. The van der Waals surface area contributed by atoms with Crippen LogP contribution >= 0.6 is 0 Å². The highest BCUT2D eigenvalue weighted by molar-refractivity contribution is 7.89. The molecule has 1 atom stereocenters. The molecule has 1 aliphatic rings. The standard InChI is InChI=1S/C19H23NO5S/c1-12-10-19(13(2)9-17(12)23-4)26(21,22)20-14(3)15-5-6-16-18(11-15)25-8-7-24-16/h5-6,9-11,14,20H,7-8H2,1-4H3/t14-/m1/s1. The molecule has 0 radical (unpaired) electrons. The molecule has 2 aromatic carbocycles. The van der Waals surface area contributed by atoms with E-state index in [1.54, 1.807) is 39.2 Å². The van der Waals surface area contributed by atoms with Gasteiger partial charge in [-0.15, -0.1) is 0 Å². The Morgan fingerprint density at radius 1 is 1.04 bits per heavy atom. The van der Waals surface area contributed by atoms with Crippen LogP contribution in [0.15, 0.2) is 35.2 Å². The third-order valence-electron chi connectivity index (χ3n) is 4.38. The van der Waals surface area contributed by atoms with Gasteiger partial charge in [0.05, 0.1) is 12.0 Å². The van der Waals surface area contributed by atoms with E-state index in [-0.39, 0.29) is 4.90 Å². The number of hydrogen-bond acceptors (Lipinski definition) is 5. The first-order chi connectivity index (χ1) is 12.3. The first-order valence-electron chi connectivity index (χ1n) is 8.39. The lowest BCUT2D eigenvalue weighted by Gasteiger charge is -2.21. The number of ether oxygens (including phenoxy) is 3. The van der Waals surface area contributed by atoms with Gasteiger partial charge in [0, 0.05) is 6.04 Å². The topological polar surface area (TPSA) is 73.9 Å². The van der Waals surface area contributed by atoms with Crippen molar-refractivity contribution in [2.75, 3.05) is 20.3 Å². The van der Waals surface area contributed by atoms with Crippen LogP contribution < -0.4 is 18.9 Å². The molecule has 0 saturated carbocycles. The minimum Gasteiger partial charge on any atom is -0.496 e. The van der Waals surface area contributed by atoms with Crippen LogP contribution in [0.3, 0.4) is 0 Å². The maximum absolute atomic E-state index is 12.9. The minimum absolute atomic E-state index is 0.250. The average Bonchev–Trinajstić information content (AvgIpc) is 2.62. The van der Waals surface area contributed by atoms with E-state index in [1.807, 2.05) is 19.1 Å². The van der Waals surface area contributed by atoms with Gasteiger partial charge < -0.3 is 14.2 Å². The van der Waals surface area contributed by atoms with Crippen molar-refractivity contribution in [3.8, 4) is 17.2 Å². The second-order valence-electron chi connectivity index (χ2n) is 6.33. The monoisotopic (exact) mass is 377 g/mol. The van der Waals surface area contributed by atoms with E-state index in [0.29, 0.717) is 36.0 Å². The molecule has 0 unspecified atom stereocenters. The van der Waals surface area contributed by atoms with Crippen LogP contribution in [-0.4, -0.2) is 28.7 Å². The Morgan fingerprint density at radius 3 is 2.42 bits per heavy atom. The number of rotatable bonds is 5. The lowest BCUT2D eigenvalue weighted by Crippen LogP contribution is -2.27. The molecule has 0 aromatic heterocycles. The number of aryl methyl sites for hydroxylation is 2. The normalized spacial score (nSPS) is 14.8. The molecule has 0 saturated heterocycles. The van der Waals surface area contributed by atoms with Crippen molar-refractivity contribution in [2.45, 2.75) is 31.7 Å². The van der Waals surface area contributed by atoms with Crippen LogP contribution in [0.2, 0.25) is 0 Å². The summed E-state index contributed by atoms with van der Waals surface area (Å²) >= 11 is 0. The van der Waals surface area contributed by atoms with Crippen LogP contribution in [-0.2, 0) is 10.0 Å². The van der Waals surface area contributed by atoms with E-state index in [9.17, 15) is 8.42 Å². The Morgan fingerprint density at radius 2 is 1.73 bits per heavy atom. The van der Waals surface area contributed by atoms with Crippen LogP contribution in [0, 0.1) is 13.8 Å². The van der Waals surface area contributed by atoms with Crippen molar-refractivity contribution in [1.82, 2.24) is 4.72 Å². The number of sulfonamides is 1. The lowest BCUT2D eigenvalue weighted by molar-refractivity contribution is 0.171. The molecule has 1 N–H and O–H groups in total. The molecule has 1 aliphatic heterocycles. The molecule has 6 nitrogen and oxygen atoms in total. The van der Waals surface area contributed by atoms with Gasteiger partial charge in [-0.05, 0) is 61.7 Å². The summed E-state index contributed by atoms with van der Waals surface area (Å²) < 4.78 is 44.8. The highest BCUT2D eigenvalue weighted by Gasteiger charge is 2.23. The molecule has 0 amide bonds. The molecule has 0 fully saturated rings. The predicted octanol–water partition coefficient (Wildman–Crippen LogP) is 3.12. The first-order valence-corrected chi connectivity index (χ1v) is 9.87. The van der Waals surface area contributed by atoms with Crippen molar-refractivity contribution in [2.24, 2.45) is 0 Å². The molecular weight excluding hydrogens is 354 g/mol. The summed E-state index contributed by atoms with van der Waals surface area (Å²) in [6, 6.07) is 8.40. The van der Waals surface area contributed by atoms with Gasteiger partial charge in [-0.3, -0.25) is 0 Å². The molecule has 1 heterocycles. The first kappa shape index (κ1) is 18.5. The molecule has 2 aromatic rings. The summed E-state index contributed by atoms with van der Waals surface area (Å²) in [5.74, 6) is 1.98. The number of hydrogen-bond donors (Lipinski definition) is 1. The van der Waals surface area contributed by atoms with E-state index in [4.69, 9.17) is 14.2 Å². The largest absolute Gasteiger partial charge is 0.496 e. The van der Waals surface area contributed by atoms with Crippen LogP contribution in [0.4, 0.5) is 0 Å². The fraction of sp³-hybridized carbons (Fsp3) is 0.368. The van der Waals surface area contributed by atoms with Gasteiger partial charge in [-0.25, -0.2) is 13.1 Å². The quantitative estimate of drug-likeness (QED) is 0.867. The van der Waals surface area contributed by atoms with E-state index < -0.39 is 16.1 Å². The third-order valence-corrected chi connectivity index (χ3v) is 6.06. The maximum Gasteiger partial charge on any atom is 0.241 e. The van der Waals surface area contributed by atoms with E-state index in [2.05, 4.69) is 4.72 Å². The summed E-state index contributed by atoms with van der Waals surface area (Å²) in [7, 11) is -2.12. The average molecular weight is 377 g/mol. The fourth-order valence-electron chi connectivity index (χ4n) is 2.97. The summed E-state index contributed by atoms with van der Waals surface area (Å²) in [4.78, 5) is 0.250. The Kier molecular flexibility index (Phi) is 5.11. The SMILES string of the molecule is COc1cc(C)c(S(=O)(=O)N[C@H](C)c2ccc3c(c2)OCCO3)cc1C. The van der Waals surface area contributed by atoms with Gasteiger partial charge in [0.2, 0.25) is 10.0 Å². The number of benzene rings is 2. The van der Waals surface area contributed by atoms with Gasteiger partial charge in [-0.1, -0.05) is 6.07 Å². The molecule has 3 rings (SSSR count). The van der Waals surface area contributed by atoms with E-state index in [0.717, 1.165) is 11.1 Å². The Balaban J connectivity index is 1.86. The summed E-state index contributed by atoms with van der Waals surface area (Å²) in [5.41, 5.74) is 2.21. The van der Waals surface area contributed by atoms with Crippen molar-refractivity contribution >= 4 is 10.0 Å². The Bertz CT molecular complexity index is 924. The molecule has 0 spiro atoms. The van der Waals surface area contributed by atoms with Crippen molar-refractivity contribution in [3.05, 3.63) is 47.0 Å². The van der Waals surface area contributed by atoms with Crippen LogP contribution in [0.5, 0.6) is 17.2 Å². The molecule has 0 bridgehead atoms. The van der Waals surface area contributed by atoms with E-state index >= 15 is 0 Å². The number of nitrogens with one attached hydrogen (secondary N) is 1. The predicted molar refractivity (Wildman–Crippen MR) is 98.6 cm³/mol. The lowest BCUT2D eigenvalue weighted by atomic mass is 10.1. The zero-order valence-electron chi connectivity index (χ0n) is 15.3. The summed E-state index contributed by atoms with van der Waals surface area (Å²) in [6.07, 6.45) is 0. The number of fused-ring (bicyclic) bond motifs is 1. The molecule has 140 valence electrons. The molecule has 7 heteroatoms. The highest BCUT2D eigenvalue weighted by atomic mass is 32.2. The molecular formula is C19H23NO5S. The zero-order valence-corrected chi connectivity index (χ0v) is 16.1. The highest BCUT2D eigenvalue weighted by Crippen LogP contribution is 2.33. The summed E-state index contributed by atoms with van der Waals surface area (Å²) in [6.45, 7) is 6.38. The van der Waals surface area contributed by atoms with Gasteiger partial charge in [-0.2, -0.15) is 0 Å². The van der Waals surface area contributed by atoms with Gasteiger partial charge in [0.25, 0.3) is 0 Å². The van der Waals surface area contributed by atoms with Crippen LogP contribution in [0.1, 0.15) is 29.7 Å². The Labute approximate surface area is 154 Å². The van der Waals surface area contributed by atoms with Crippen molar-refractivity contribution in [3.63, 3.8) is 0 Å². The van der Waals surface area contributed by atoms with Gasteiger partial charge in [0.15, 0.2) is 11.5 Å². The minimum atomic E-state index is -3.68. The second-order valence-corrected chi connectivity index (χ2v) is 8.02. The number of methoxy groups -OCH3 is 1. The third kappa shape index (κ3) is 3.64. The van der Waals surface area contributed by atoms with Gasteiger partial charge in [0.1, 0.15) is 19.0 Å². The van der Waals surface area contributed by atoms with Crippen molar-refractivity contribution in [1.29, 1.82) is 0 Å². The van der Waals surface area contributed by atoms with Gasteiger partial charge >= 0.3 is 0 Å². The Hall–Kier alpha value is -2.25. The molecule has 26 heavy (non-hydrogen) atoms. The van der Waals surface area contributed by atoms with Crippen molar-refractivity contribution < 1.29 is 22.6 Å². The summed E-state index contributed by atoms with van der Waals surface area (Å²) in [5, 5.41) is 0. The maximum atomic E-state index is 12.9. The van der Waals surface area contributed by atoms with Crippen LogP contribution in [0.25, 0.3) is 0 Å².